The lowest BCUT2D eigenvalue weighted by Crippen LogP contribution is -2.39. The zero-order valence-corrected chi connectivity index (χ0v) is 16.8. The van der Waals surface area contributed by atoms with Crippen LogP contribution >= 0.6 is 12.4 Å². The van der Waals surface area contributed by atoms with Crippen molar-refractivity contribution < 1.29 is 9.59 Å². The molecular formula is C23H27ClN2O2. The van der Waals surface area contributed by atoms with Gasteiger partial charge in [0.15, 0.2) is 5.78 Å². The largest absolute Gasteiger partial charge is 0.341 e. The lowest BCUT2D eigenvalue weighted by molar-refractivity contribution is -0.131. The third-order valence-electron chi connectivity index (χ3n) is 5.76. The Hall–Kier alpha value is -2.17. The number of Topliss-reactive ketones (excluding diaryl/α,β-unsaturated/α-hetero) is 1. The highest BCUT2D eigenvalue weighted by Crippen LogP contribution is 2.22. The van der Waals surface area contributed by atoms with E-state index in [4.69, 9.17) is 0 Å². The standard InChI is InChI=1S/C23H26N2O2.ClH/c26-22(19-8-6-18(7-9-19)17-4-2-1-3-5-17)12-13-23(27)25-15-14-20-10-11-21(16-25)24-20;/h1-9,20-21,24H,10-16H2;1H. The number of amides is 1. The number of hydrogen-bond acceptors (Lipinski definition) is 3. The molecule has 0 aliphatic carbocycles. The van der Waals surface area contributed by atoms with E-state index in [1.54, 1.807) is 0 Å². The molecule has 2 aliphatic heterocycles. The van der Waals surface area contributed by atoms with Crippen LogP contribution in [0.2, 0.25) is 0 Å². The number of nitrogens with one attached hydrogen (secondary N) is 1. The molecule has 1 amide bonds. The zero-order valence-electron chi connectivity index (χ0n) is 16.0. The molecule has 4 rings (SSSR count). The molecule has 2 saturated heterocycles. The molecule has 1 N–H and O–H groups in total. The monoisotopic (exact) mass is 398 g/mol. The van der Waals surface area contributed by atoms with E-state index < -0.39 is 0 Å². The van der Waals surface area contributed by atoms with Crippen molar-refractivity contribution in [3.63, 3.8) is 0 Å². The highest BCUT2D eigenvalue weighted by molar-refractivity contribution is 5.98. The van der Waals surface area contributed by atoms with Crippen LogP contribution in [0.15, 0.2) is 54.6 Å². The van der Waals surface area contributed by atoms with Crippen molar-refractivity contribution in [2.75, 3.05) is 13.1 Å². The third-order valence-corrected chi connectivity index (χ3v) is 5.76. The molecule has 0 radical (unpaired) electrons. The highest BCUT2D eigenvalue weighted by atomic mass is 35.5. The van der Waals surface area contributed by atoms with Crippen molar-refractivity contribution >= 4 is 24.1 Å². The van der Waals surface area contributed by atoms with Crippen LogP contribution < -0.4 is 5.32 Å². The van der Waals surface area contributed by atoms with Gasteiger partial charge in [-0.25, -0.2) is 0 Å². The van der Waals surface area contributed by atoms with Gasteiger partial charge >= 0.3 is 0 Å². The van der Waals surface area contributed by atoms with E-state index >= 15 is 0 Å². The molecule has 4 nitrogen and oxygen atoms in total. The molecule has 2 aliphatic rings. The summed E-state index contributed by atoms with van der Waals surface area (Å²) < 4.78 is 0. The minimum absolute atomic E-state index is 0. The van der Waals surface area contributed by atoms with Crippen LogP contribution in [0.5, 0.6) is 0 Å². The first kappa shape index (κ1) is 20.6. The summed E-state index contributed by atoms with van der Waals surface area (Å²) in [7, 11) is 0. The first-order valence-corrected chi connectivity index (χ1v) is 9.91. The van der Waals surface area contributed by atoms with Gasteiger partial charge in [0.05, 0.1) is 0 Å². The van der Waals surface area contributed by atoms with E-state index in [1.807, 2.05) is 47.4 Å². The Balaban J connectivity index is 0.00000225. The van der Waals surface area contributed by atoms with Crippen LogP contribution in [-0.2, 0) is 4.79 Å². The molecule has 2 aromatic rings. The van der Waals surface area contributed by atoms with Gasteiger partial charge in [-0.1, -0.05) is 54.6 Å². The number of ketones is 1. The predicted molar refractivity (Wildman–Crippen MR) is 114 cm³/mol. The molecule has 5 heteroatoms. The van der Waals surface area contributed by atoms with Crippen molar-refractivity contribution in [3.05, 3.63) is 60.2 Å². The number of nitrogens with zero attached hydrogens (tertiary/aromatic N) is 1. The van der Waals surface area contributed by atoms with E-state index in [0.717, 1.165) is 37.1 Å². The van der Waals surface area contributed by atoms with Crippen LogP contribution in [0.4, 0.5) is 0 Å². The first-order chi connectivity index (χ1) is 13.2. The topological polar surface area (TPSA) is 49.4 Å². The molecule has 28 heavy (non-hydrogen) atoms. The molecule has 2 unspecified atom stereocenters. The maximum Gasteiger partial charge on any atom is 0.223 e. The number of fused-ring (bicyclic) bond motifs is 2. The van der Waals surface area contributed by atoms with Gasteiger partial charge < -0.3 is 10.2 Å². The minimum Gasteiger partial charge on any atom is -0.341 e. The fraction of sp³-hybridized carbons (Fsp3) is 0.391. The average molecular weight is 399 g/mol. The van der Waals surface area contributed by atoms with E-state index in [9.17, 15) is 9.59 Å². The lowest BCUT2D eigenvalue weighted by Gasteiger charge is -2.24. The van der Waals surface area contributed by atoms with E-state index in [-0.39, 0.29) is 30.5 Å². The zero-order chi connectivity index (χ0) is 18.6. The van der Waals surface area contributed by atoms with E-state index in [2.05, 4.69) is 17.4 Å². The van der Waals surface area contributed by atoms with Gasteiger partial charge in [-0.15, -0.1) is 12.4 Å². The van der Waals surface area contributed by atoms with Crippen LogP contribution in [0.3, 0.4) is 0 Å². The Bertz CT molecular complexity index is 807. The van der Waals surface area contributed by atoms with Crippen LogP contribution in [0, 0.1) is 0 Å². The molecule has 2 fully saturated rings. The Morgan fingerprint density at radius 3 is 2.29 bits per heavy atom. The Morgan fingerprint density at radius 1 is 0.857 bits per heavy atom. The van der Waals surface area contributed by atoms with Gasteiger partial charge in [-0.05, 0) is 30.4 Å². The Morgan fingerprint density at radius 2 is 1.54 bits per heavy atom. The third kappa shape index (κ3) is 4.81. The second-order valence-electron chi connectivity index (χ2n) is 7.63. The number of hydrogen-bond donors (Lipinski definition) is 1. The summed E-state index contributed by atoms with van der Waals surface area (Å²) in [5.41, 5.74) is 2.91. The summed E-state index contributed by atoms with van der Waals surface area (Å²) in [4.78, 5) is 27.0. The number of carbonyl (C=O) groups is 2. The Labute approximate surface area is 172 Å². The molecule has 0 saturated carbocycles. The molecular weight excluding hydrogens is 372 g/mol. The number of likely N-dealkylation sites (tertiary alicyclic amines) is 1. The second-order valence-corrected chi connectivity index (χ2v) is 7.63. The van der Waals surface area contributed by atoms with Crippen LogP contribution in [0.25, 0.3) is 11.1 Å². The Kier molecular flexibility index (Phi) is 6.87. The van der Waals surface area contributed by atoms with Gasteiger partial charge in [0.1, 0.15) is 0 Å². The summed E-state index contributed by atoms with van der Waals surface area (Å²) in [6, 6.07) is 18.8. The summed E-state index contributed by atoms with van der Waals surface area (Å²) in [6.45, 7) is 1.60. The minimum atomic E-state index is 0. The van der Waals surface area contributed by atoms with Gasteiger partial charge in [-0.2, -0.15) is 0 Å². The van der Waals surface area contributed by atoms with Crippen molar-refractivity contribution in [3.8, 4) is 11.1 Å². The van der Waals surface area contributed by atoms with Crippen molar-refractivity contribution in [2.45, 2.75) is 44.2 Å². The summed E-state index contributed by atoms with van der Waals surface area (Å²) in [5.74, 6) is 0.149. The van der Waals surface area contributed by atoms with E-state index in [1.165, 1.54) is 6.42 Å². The average Bonchev–Trinajstić information content (AvgIpc) is 3.05. The summed E-state index contributed by atoms with van der Waals surface area (Å²) in [5, 5.41) is 3.59. The van der Waals surface area contributed by atoms with Crippen molar-refractivity contribution in [2.24, 2.45) is 0 Å². The highest BCUT2D eigenvalue weighted by Gasteiger charge is 2.31. The predicted octanol–water partition coefficient (Wildman–Crippen LogP) is 4.09. The lowest BCUT2D eigenvalue weighted by atomic mass is 10.0. The van der Waals surface area contributed by atoms with Crippen molar-refractivity contribution in [1.29, 1.82) is 0 Å². The fourth-order valence-corrected chi connectivity index (χ4v) is 4.17. The molecule has 0 aromatic heterocycles. The van der Waals surface area contributed by atoms with E-state index in [0.29, 0.717) is 24.1 Å². The first-order valence-electron chi connectivity index (χ1n) is 9.91. The van der Waals surface area contributed by atoms with Crippen molar-refractivity contribution in [1.82, 2.24) is 10.2 Å². The molecule has 148 valence electrons. The quantitative estimate of drug-likeness (QED) is 0.771. The molecule has 0 spiro atoms. The smallest absolute Gasteiger partial charge is 0.223 e. The van der Waals surface area contributed by atoms with Gasteiger partial charge in [0.2, 0.25) is 5.91 Å². The number of rotatable bonds is 5. The number of benzene rings is 2. The number of halogens is 1. The number of carbonyl (C=O) groups excluding carboxylic acids is 2. The summed E-state index contributed by atoms with van der Waals surface area (Å²) in [6.07, 6.45) is 3.99. The van der Waals surface area contributed by atoms with Crippen LogP contribution in [-0.4, -0.2) is 41.8 Å². The second kappa shape index (κ2) is 9.35. The van der Waals surface area contributed by atoms with Crippen LogP contribution in [0.1, 0.15) is 42.5 Å². The summed E-state index contributed by atoms with van der Waals surface area (Å²) >= 11 is 0. The molecule has 2 atom stereocenters. The maximum absolute atomic E-state index is 12.5. The molecule has 2 aromatic carbocycles. The molecule has 2 bridgehead atoms. The maximum atomic E-state index is 12.5. The fourth-order valence-electron chi connectivity index (χ4n) is 4.17. The van der Waals surface area contributed by atoms with Gasteiger partial charge in [0, 0.05) is 43.6 Å². The SMILES string of the molecule is Cl.O=C(CCC(=O)N1CCC2CCC(C1)N2)c1ccc(-c2ccccc2)cc1. The van der Waals surface area contributed by atoms with Gasteiger partial charge in [-0.3, -0.25) is 9.59 Å². The van der Waals surface area contributed by atoms with Gasteiger partial charge in [0.25, 0.3) is 0 Å². The normalized spacial score (nSPS) is 20.9. The molecule has 2 heterocycles.